The minimum Gasteiger partial charge on any atom is -0.354 e. The summed E-state index contributed by atoms with van der Waals surface area (Å²) in [6.45, 7) is 4.66. The van der Waals surface area contributed by atoms with E-state index in [9.17, 15) is 0 Å². The number of benzene rings is 6. The van der Waals surface area contributed by atoms with Crippen LogP contribution in [-0.2, 0) is 5.41 Å². The highest BCUT2D eigenvalue weighted by Gasteiger charge is 2.35. The molecule has 1 aliphatic rings. The van der Waals surface area contributed by atoms with Gasteiger partial charge in [0.05, 0.1) is 5.69 Å². The molecule has 0 fully saturated rings. The molecule has 7 rings (SSSR count). The Balaban J connectivity index is 1.49. The molecule has 1 heteroatoms. The van der Waals surface area contributed by atoms with Crippen LogP contribution in [0.3, 0.4) is 0 Å². The number of nitrogens with one attached hydrogen (secondary N) is 1. The lowest BCUT2D eigenvalue weighted by Crippen LogP contribution is -2.14. The van der Waals surface area contributed by atoms with Crippen molar-refractivity contribution in [2.75, 3.05) is 5.32 Å². The van der Waals surface area contributed by atoms with Gasteiger partial charge in [0.1, 0.15) is 0 Å². The van der Waals surface area contributed by atoms with Crippen LogP contribution in [0.25, 0.3) is 43.8 Å². The number of rotatable bonds is 3. The largest absolute Gasteiger partial charge is 0.354 e. The van der Waals surface area contributed by atoms with Crippen molar-refractivity contribution < 1.29 is 0 Å². The monoisotopic (exact) mass is 461 g/mol. The maximum atomic E-state index is 3.89. The second kappa shape index (κ2) is 7.83. The average Bonchev–Trinajstić information content (AvgIpc) is 3.16. The smallest absolute Gasteiger partial charge is 0.0550 e. The van der Waals surface area contributed by atoms with Crippen molar-refractivity contribution in [3.63, 3.8) is 0 Å². The highest BCUT2D eigenvalue weighted by molar-refractivity contribution is 6.21. The number of anilines is 2. The molecule has 0 aromatic heterocycles. The minimum absolute atomic E-state index is 0.00923. The Kier molecular flexibility index (Phi) is 4.56. The topological polar surface area (TPSA) is 12.0 Å². The third-order valence-electron chi connectivity index (χ3n) is 7.85. The molecule has 36 heavy (non-hydrogen) atoms. The first-order valence-corrected chi connectivity index (χ1v) is 12.6. The van der Waals surface area contributed by atoms with Crippen molar-refractivity contribution in [3.05, 3.63) is 132 Å². The van der Waals surface area contributed by atoms with Gasteiger partial charge in [0, 0.05) is 22.1 Å². The predicted octanol–water partition coefficient (Wildman–Crippen LogP) is 9.71. The molecule has 6 aromatic rings. The van der Waals surface area contributed by atoms with E-state index in [1.165, 1.54) is 54.9 Å². The molecule has 0 spiro atoms. The highest BCUT2D eigenvalue weighted by Crippen LogP contribution is 2.50. The minimum atomic E-state index is 0.00923. The van der Waals surface area contributed by atoms with Gasteiger partial charge in [-0.2, -0.15) is 0 Å². The van der Waals surface area contributed by atoms with Gasteiger partial charge < -0.3 is 5.32 Å². The zero-order valence-electron chi connectivity index (χ0n) is 20.5. The Labute approximate surface area is 212 Å². The van der Waals surface area contributed by atoms with Gasteiger partial charge in [0.15, 0.2) is 0 Å². The molecule has 1 N–H and O–H groups in total. The maximum absolute atomic E-state index is 3.89. The fourth-order valence-electron chi connectivity index (χ4n) is 6.12. The van der Waals surface area contributed by atoms with Crippen molar-refractivity contribution in [3.8, 4) is 22.3 Å². The van der Waals surface area contributed by atoms with Crippen LogP contribution in [0.2, 0.25) is 0 Å². The van der Waals surface area contributed by atoms with E-state index in [1.807, 2.05) is 0 Å². The van der Waals surface area contributed by atoms with Gasteiger partial charge >= 0.3 is 0 Å². The fraction of sp³-hybridized carbons (Fsp3) is 0.0857. The van der Waals surface area contributed by atoms with E-state index >= 15 is 0 Å². The normalized spacial score (nSPS) is 13.5. The van der Waals surface area contributed by atoms with Gasteiger partial charge in [-0.05, 0) is 56.1 Å². The van der Waals surface area contributed by atoms with E-state index in [0.29, 0.717) is 0 Å². The summed E-state index contributed by atoms with van der Waals surface area (Å²) in [4.78, 5) is 0. The second-order valence-electron chi connectivity index (χ2n) is 10.3. The summed E-state index contributed by atoms with van der Waals surface area (Å²) in [5.41, 5.74) is 10.2. The summed E-state index contributed by atoms with van der Waals surface area (Å²) >= 11 is 0. The predicted molar refractivity (Wildman–Crippen MR) is 154 cm³/mol. The van der Waals surface area contributed by atoms with Crippen LogP contribution in [0.5, 0.6) is 0 Å². The first-order valence-electron chi connectivity index (χ1n) is 12.6. The van der Waals surface area contributed by atoms with E-state index in [1.54, 1.807) is 0 Å². The van der Waals surface area contributed by atoms with Crippen LogP contribution in [0, 0.1) is 0 Å². The van der Waals surface area contributed by atoms with Gasteiger partial charge in [0.25, 0.3) is 0 Å². The summed E-state index contributed by atoms with van der Waals surface area (Å²) < 4.78 is 0. The molecule has 0 radical (unpaired) electrons. The van der Waals surface area contributed by atoms with Crippen molar-refractivity contribution in [2.45, 2.75) is 19.3 Å². The van der Waals surface area contributed by atoms with Gasteiger partial charge in [-0.15, -0.1) is 0 Å². The summed E-state index contributed by atoms with van der Waals surface area (Å²) in [7, 11) is 0. The molecular weight excluding hydrogens is 434 g/mol. The van der Waals surface area contributed by atoms with E-state index in [2.05, 4.69) is 140 Å². The fourth-order valence-corrected chi connectivity index (χ4v) is 6.12. The molecule has 0 aliphatic heterocycles. The molecular formula is C35H27N. The quantitative estimate of drug-likeness (QED) is 0.259. The van der Waals surface area contributed by atoms with Crippen molar-refractivity contribution >= 4 is 32.9 Å². The lowest BCUT2D eigenvalue weighted by atomic mass is 9.82. The third kappa shape index (κ3) is 3.03. The first kappa shape index (κ1) is 21.0. The number of hydrogen-bond acceptors (Lipinski definition) is 1. The Bertz CT molecular complexity index is 1780. The SMILES string of the molecule is CC1(C)c2ccccc2-c2cc(Nc3c(-c4ccccc4)c4ccccc4c4ccccc34)ccc21. The standard InChI is InChI=1S/C35H27N/c1-35(2)31-19-11-10-16-27(31)30-22-24(20-21-32(30)35)36-34-29-18-9-7-15-26(29)25-14-6-8-17-28(25)33(34)23-12-4-3-5-13-23/h3-22,36H,1-2H3. The van der Waals surface area contributed by atoms with Gasteiger partial charge in [0.2, 0.25) is 0 Å². The molecule has 0 heterocycles. The Morgan fingerprint density at radius 1 is 0.500 bits per heavy atom. The molecule has 0 saturated heterocycles. The number of hydrogen-bond donors (Lipinski definition) is 1. The first-order chi connectivity index (χ1) is 17.6. The summed E-state index contributed by atoms with van der Waals surface area (Å²) in [5, 5.41) is 8.93. The van der Waals surface area contributed by atoms with Gasteiger partial charge in [-0.1, -0.05) is 123 Å². The van der Waals surface area contributed by atoms with E-state index in [0.717, 1.165) is 11.4 Å². The molecule has 0 unspecified atom stereocenters. The van der Waals surface area contributed by atoms with Crippen LogP contribution in [-0.4, -0.2) is 0 Å². The van der Waals surface area contributed by atoms with E-state index < -0.39 is 0 Å². The number of fused-ring (bicyclic) bond motifs is 6. The Hall–Kier alpha value is -4.36. The van der Waals surface area contributed by atoms with Crippen LogP contribution in [0.1, 0.15) is 25.0 Å². The van der Waals surface area contributed by atoms with Crippen LogP contribution in [0.15, 0.2) is 121 Å². The maximum Gasteiger partial charge on any atom is 0.0550 e. The van der Waals surface area contributed by atoms with Crippen LogP contribution >= 0.6 is 0 Å². The zero-order valence-corrected chi connectivity index (χ0v) is 20.5. The summed E-state index contributed by atoms with van der Waals surface area (Å²) in [6.07, 6.45) is 0. The molecule has 1 aliphatic carbocycles. The van der Waals surface area contributed by atoms with Crippen molar-refractivity contribution in [1.29, 1.82) is 0 Å². The lowest BCUT2D eigenvalue weighted by molar-refractivity contribution is 0.660. The second-order valence-corrected chi connectivity index (χ2v) is 10.3. The van der Waals surface area contributed by atoms with Gasteiger partial charge in [-0.25, -0.2) is 0 Å². The molecule has 1 nitrogen and oxygen atoms in total. The summed E-state index contributed by atoms with van der Waals surface area (Å²) in [6, 6.07) is 44.0. The van der Waals surface area contributed by atoms with Crippen LogP contribution < -0.4 is 5.32 Å². The Morgan fingerprint density at radius 2 is 1.08 bits per heavy atom. The van der Waals surface area contributed by atoms with Gasteiger partial charge in [-0.3, -0.25) is 0 Å². The lowest BCUT2D eigenvalue weighted by Gasteiger charge is -2.22. The molecule has 172 valence electrons. The molecule has 0 saturated carbocycles. The average molecular weight is 462 g/mol. The van der Waals surface area contributed by atoms with Crippen LogP contribution in [0.4, 0.5) is 11.4 Å². The van der Waals surface area contributed by atoms with Crippen molar-refractivity contribution in [2.24, 2.45) is 0 Å². The highest BCUT2D eigenvalue weighted by atomic mass is 14.9. The Morgan fingerprint density at radius 3 is 1.86 bits per heavy atom. The third-order valence-corrected chi connectivity index (χ3v) is 7.85. The summed E-state index contributed by atoms with van der Waals surface area (Å²) in [5.74, 6) is 0. The van der Waals surface area contributed by atoms with Crippen molar-refractivity contribution in [1.82, 2.24) is 0 Å². The zero-order chi connectivity index (χ0) is 24.3. The molecule has 6 aromatic carbocycles. The molecule has 0 bridgehead atoms. The molecule has 0 amide bonds. The molecule has 0 atom stereocenters. The van der Waals surface area contributed by atoms with E-state index in [-0.39, 0.29) is 5.41 Å². The van der Waals surface area contributed by atoms with E-state index in [4.69, 9.17) is 0 Å².